The van der Waals surface area contributed by atoms with E-state index in [1.165, 1.54) is 0 Å². The summed E-state index contributed by atoms with van der Waals surface area (Å²) < 4.78 is 5.13. The number of aliphatic hydroxyl groups excluding tert-OH is 1. The first-order chi connectivity index (χ1) is 8.09. The zero-order valence-electron chi connectivity index (χ0n) is 9.41. The molecule has 0 spiro atoms. The molecule has 96 valence electrons. The van der Waals surface area contributed by atoms with Crippen LogP contribution < -0.4 is 0 Å². The molecule has 2 amide bonds. The van der Waals surface area contributed by atoms with Gasteiger partial charge < -0.3 is 19.8 Å². The van der Waals surface area contributed by atoms with Gasteiger partial charge in [-0.1, -0.05) is 0 Å². The highest BCUT2D eigenvalue weighted by Gasteiger charge is 2.41. The number of carboxylic acid groups (broad SMARTS) is 1. The molecule has 7 heteroatoms. The van der Waals surface area contributed by atoms with Gasteiger partial charge in [0.25, 0.3) is 0 Å². The third-order valence-corrected chi connectivity index (χ3v) is 3.13. The summed E-state index contributed by atoms with van der Waals surface area (Å²) in [4.78, 5) is 25.7. The van der Waals surface area contributed by atoms with Gasteiger partial charge >= 0.3 is 6.09 Å². The SMILES string of the molecule is O=C([C@H]1C[C@H](O)CN1C(=O)O)N1CCOCC1. The molecule has 2 saturated heterocycles. The lowest BCUT2D eigenvalue weighted by atomic mass is 10.1. The van der Waals surface area contributed by atoms with Crippen molar-refractivity contribution >= 4 is 12.0 Å². The Balaban J connectivity index is 2.04. The Morgan fingerprint density at radius 1 is 1.24 bits per heavy atom. The Morgan fingerprint density at radius 3 is 2.47 bits per heavy atom. The molecule has 0 saturated carbocycles. The molecule has 2 atom stereocenters. The highest BCUT2D eigenvalue weighted by Crippen LogP contribution is 2.20. The second-order valence-corrected chi connectivity index (χ2v) is 4.28. The number of hydrogen-bond acceptors (Lipinski definition) is 4. The molecule has 0 bridgehead atoms. The molecular formula is C10H16N2O5. The van der Waals surface area contributed by atoms with Crippen LogP contribution in [0.1, 0.15) is 6.42 Å². The maximum absolute atomic E-state index is 12.1. The fourth-order valence-electron chi connectivity index (χ4n) is 2.25. The molecule has 2 fully saturated rings. The van der Waals surface area contributed by atoms with Crippen LogP contribution in [-0.4, -0.2) is 77.0 Å². The fraction of sp³-hybridized carbons (Fsp3) is 0.800. The minimum atomic E-state index is -1.16. The van der Waals surface area contributed by atoms with Crippen molar-refractivity contribution in [1.29, 1.82) is 0 Å². The van der Waals surface area contributed by atoms with Gasteiger partial charge in [-0.2, -0.15) is 0 Å². The van der Waals surface area contributed by atoms with Crippen LogP contribution in [0.25, 0.3) is 0 Å². The van der Waals surface area contributed by atoms with E-state index in [9.17, 15) is 14.7 Å². The van der Waals surface area contributed by atoms with Crippen LogP contribution >= 0.6 is 0 Å². The van der Waals surface area contributed by atoms with Gasteiger partial charge in [0.1, 0.15) is 6.04 Å². The molecule has 0 unspecified atom stereocenters. The molecular weight excluding hydrogens is 228 g/mol. The van der Waals surface area contributed by atoms with Crippen LogP contribution in [0.2, 0.25) is 0 Å². The van der Waals surface area contributed by atoms with E-state index in [-0.39, 0.29) is 18.9 Å². The van der Waals surface area contributed by atoms with Crippen LogP contribution in [0, 0.1) is 0 Å². The lowest BCUT2D eigenvalue weighted by Crippen LogP contribution is -2.50. The number of nitrogens with zero attached hydrogens (tertiary/aromatic N) is 2. The Kier molecular flexibility index (Phi) is 3.49. The Hall–Kier alpha value is -1.34. The summed E-state index contributed by atoms with van der Waals surface area (Å²) in [5, 5.41) is 18.4. The van der Waals surface area contributed by atoms with Crippen molar-refractivity contribution in [2.24, 2.45) is 0 Å². The third kappa shape index (κ3) is 2.50. The van der Waals surface area contributed by atoms with Crippen LogP contribution in [0.5, 0.6) is 0 Å². The number of likely N-dealkylation sites (tertiary alicyclic amines) is 1. The second kappa shape index (κ2) is 4.89. The smallest absolute Gasteiger partial charge is 0.408 e. The summed E-state index contributed by atoms with van der Waals surface area (Å²) in [5.41, 5.74) is 0. The number of rotatable bonds is 1. The van der Waals surface area contributed by atoms with E-state index in [4.69, 9.17) is 9.84 Å². The molecule has 0 radical (unpaired) electrons. The van der Waals surface area contributed by atoms with Crippen molar-refractivity contribution in [1.82, 2.24) is 9.80 Å². The van der Waals surface area contributed by atoms with Gasteiger partial charge in [0.15, 0.2) is 0 Å². The number of carbonyl (C=O) groups excluding carboxylic acids is 1. The van der Waals surface area contributed by atoms with Crippen LogP contribution in [0.4, 0.5) is 4.79 Å². The maximum Gasteiger partial charge on any atom is 0.408 e. The fourth-order valence-corrected chi connectivity index (χ4v) is 2.25. The highest BCUT2D eigenvalue weighted by atomic mass is 16.5. The molecule has 2 rings (SSSR count). The number of morpholine rings is 1. The standard InChI is InChI=1S/C10H16N2O5/c13-7-5-8(12(6-7)10(15)16)9(14)11-1-3-17-4-2-11/h7-8,13H,1-6H2,(H,15,16)/t7-,8+/m0/s1. The van der Waals surface area contributed by atoms with E-state index in [2.05, 4.69) is 0 Å². The zero-order chi connectivity index (χ0) is 12.4. The molecule has 0 aromatic rings. The summed E-state index contributed by atoms with van der Waals surface area (Å²) in [6, 6.07) is -0.749. The highest BCUT2D eigenvalue weighted by molar-refractivity contribution is 5.86. The Morgan fingerprint density at radius 2 is 1.88 bits per heavy atom. The van der Waals surface area contributed by atoms with Crippen molar-refractivity contribution in [2.75, 3.05) is 32.8 Å². The molecule has 0 aromatic carbocycles. The number of amides is 2. The van der Waals surface area contributed by atoms with Crippen molar-refractivity contribution in [3.63, 3.8) is 0 Å². The van der Waals surface area contributed by atoms with E-state index in [0.29, 0.717) is 26.3 Å². The second-order valence-electron chi connectivity index (χ2n) is 4.28. The lowest BCUT2D eigenvalue weighted by molar-refractivity contribution is -0.139. The Labute approximate surface area is 98.6 Å². The average molecular weight is 244 g/mol. The summed E-state index contributed by atoms with van der Waals surface area (Å²) >= 11 is 0. The van der Waals surface area contributed by atoms with Gasteiger partial charge in [0.05, 0.1) is 25.9 Å². The number of hydrogen-bond donors (Lipinski definition) is 2. The average Bonchev–Trinajstić information content (AvgIpc) is 2.72. The van der Waals surface area contributed by atoms with E-state index < -0.39 is 18.2 Å². The molecule has 2 heterocycles. The zero-order valence-corrected chi connectivity index (χ0v) is 9.41. The maximum atomic E-state index is 12.1. The lowest BCUT2D eigenvalue weighted by Gasteiger charge is -2.31. The quantitative estimate of drug-likeness (QED) is 0.615. The normalized spacial score (nSPS) is 29.5. The summed E-state index contributed by atoms with van der Waals surface area (Å²) in [6.07, 6.45) is -1.73. The van der Waals surface area contributed by atoms with Crippen LogP contribution in [0.15, 0.2) is 0 Å². The summed E-state index contributed by atoms with van der Waals surface area (Å²) in [6.45, 7) is 1.94. The van der Waals surface area contributed by atoms with Crippen LogP contribution in [-0.2, 0) is 9.53 Å². The molecule has 2 aliphatic rings. The first-order valence-electron chi connectivity index (χ1n) is 5.63. The molecule has 0 aliphatic carbocycles. The minimum absolute atomic E-state index is 0.0100. The monoisotopic (exact) mass is 244 g/mol. The number of carbonyl (C=O) groups is 2. The number of ether oxygens (including phenoxy) is 1. The van der Waals surface area contributed by atoms with Crippen LogP contribution in [0.3, 0.4) is 0 Å². The van der Waals surface area contributed by atoms with E-state index >= 15 is 0 Å². The predicted octanol–water partition coefficient (Wildman–Crippen LogP) is -1.04. The van der Waals surface area contributed by atoms with Crippen molar-refractivity contribution in [3.8, 4) is 0 Å². The third-order valence-electron chi connectivity index (χ3n) is 3.13. The topological polar surface area (TPSA) is 90.3 Å². The molecule has 7 nitrogen and oxygen atoms in total. The van der Waals surface area contributed by atoms with Gasteiger partial charge in [-0.15, -0.1) is 0 Å². The first kappa shape index (κ1) is 12.1. The molecule has 17 heavy (non-hydrogen) atoms. The molecule has 2 N–H and O–H groups in total. The predicted molar refractivity (Wildman–Crippen MR) is 56.5 cm³/mol. The van der Waals surface area contributed by atoms with Gasteiger partial charge in [-0.05, 0) is 0 Å². The molecule has 2 aliphatic heterocycles. The first-order valence-corrected chi connectivity index (χ1v) is 5.63. The number of aliphatic hydroxyl groups is 1. The van der Waals surface area contributed by atoms with Crippen molar-refractivity contribution in [3.05, 3.63) is 0 Å². The summed E-state index contributed by atoms with van der Waals surface area (Å²) in [5.74, 6) is -0.229. The Bertz CT molecular complexity index is 316. The van der Waals surface area contributed by atoms with Crippen molar-refractivity contribution in [2.45, 2.75) is 18.6 Å². The van der Waals surface area contributed by atoms with E-state index in [0.717, 1.165) is 4.90 Å². The van der Waals surface area contributed by atoms with Crippen molar-refractivity contribution < 1.29 is 24.5 Å². The minimum Gasteiger partial charge on any atom is -0.465 e. The van der Waals surface area contributed by atoms with Gasteiger partial charge in [-0.3, -0.25) is 9.69 Å². The number of β-amino-alcohol motifs (C(OH)–C–C–N with tert-alkyl or cyclic N) is 1. The summed E-state index contributed by atoms with van der Waals surface area (Å²) in [7, 11) is 0. The van der Waals surface area contributed by atoms with Gasteiger partial charge in [-0.25, -0.2) is 4.79 Å². The van der Waals surface area contributed by atoms with E-state index in [1.807, 2.05) is 0 Å². The molecule has 0 aromatic heterocycles. The largest absolute Gasteiger partial charge is 0.465 e. The van der Waals surface area contributed by atoms with Gasteiger partial charge in [0.2, 0.25) is 5.91 Å². The van der Waals surface area contributed by atoms with E-state index in [1.54, 1.807) is 4.90 Å². The van der Waals surface area contributed by atoms with Gasteiger partial charge in [0, 0.05) is 19.5 Å².